The lowest BCUT2D eigenvalue weighted by atomic mass is 10.0. The molecule has 0 radical (unpaired) electrons. The normalized spacial score (nSPS) is 19.1. The maximum Gasteiger partial charge on any atom is 0.115 e. The molecule has 3 N–H and O–H groups in total. The fourth-order valence-corrected chi connectivity index (χ4v) is 1.42. The summed E-state index contributed by atoms with van der Waals surface area (Å²) in [6.45, 7) is 0. The summed E-state index contributed by atoms with van der Waals surface area (Å²) in [7, 11) is 0. The minimum absolute atomic E-state index is 0.172. The van der Waals surface area contributed by atoms with E-state index in [0.29, 0.717) is 11.7 Å². The Balaban J connectivity index is 2.16. The molecule has 12 heavy (non-hydrogen) atoms. The average molecular weight is 163 g/mol. The van der Waals surface area contributed by atoms with Crippen molar-refractivity contribution in [2.75, 3.05) is 0 Å². The Morgan fingerprint density at radius 2 is 1.83 bits per heavy atom. The van der Waals surface area contributed by atoms with Gasteiger partial charge < -0.3 is 10.8 Å². The summed E-state index contributed by atoms with van der Waals surface area (Å²) in [5, 5.41) is 9.05. The fraction of sp³-hybridized carbons (Fsp3) is 0.400. The number of rotatable bonds is 2. The third-order valence-corrected chi connectivity index (χ3v) is 2.41. The molecule has 1 saturated carbocycles. The molecular weight excluding hydrogens is 150 g/mol. The van der Waals surface area contributed by atoms with E-state index in [-0.39, 0.29) is 6.04 Å². The summed E-state index contributed by atoms with van der Waals surface area (Å²) in [4.78, 5) is 0. The van der Waals surface area contributed by atoms with Gasteiger partial charge in [0.05, 0.1) is 0 Å². The Kier molecular flexibility index (Phi) is 1.77. The lowest BCUT2D eigenvalue weighted by molar-refractivity contribution is 0.474. The quantitative estimate of drug-likeness (QED) is 0.698. The highest BCUT2D eigenvalue weighted by atomic mass is 16.3. The van der Waals surface area contributed by atoms with E-state index in [4.69, 9.17) is 10.8 Å². The van der Waals surface area contributed by atoms with Crippen LogP contribution in [0.4, 0.5) is 0 Å². The van der Waals surface area contributed by atoms with Crippen molar-refractivity contribution in [1.29, 1.82) is 0 Å². The maximum atomic E-state index is 9.05. The van der Waals surface area contributed by atoms with Crippen molar-refractivity contribution in [2.24, 2.45) is 11.7 Å². The highest BCUT2D eigenvalue weighted by Gasteiger charge is 2.29. The second kappa shape index (κ2) is 2.79. The fourth-order valence-electron chi connectivity index (χ4n) is 1.42. The SMILES string of the molecule is NC(c1ccc(O)cc1)C1CC1. The van der Waals surface area contributed by atoms with Gasteiger partial charge in [-0.05, 0) is 36.5 Å². The third kappa shape index (κ3) is 1.43. The van der Waals surface area contributed by atoms with Gasteiger partial charge in [-0.25, -0.2) is 0 Å². The Hall–Kier alpha value is -1.02. The molecule has 1 aliphatic carbocycles. The monoisotopic (exact) mass is 163 g/mol. The van der Waals surface area contributed by atoms with Crippen LogP contribution < -0.4 is 5.73 Å². The lowest BCUT2D eigenvalue weighted by Gasteiger charge is -2.09. The molecule has 0 bridgehead atoms. The molecule has 1 atom stereocenters. The highest BCUT2D eigenvalue weighted by molar-refractivity contribution is 5.28. The minimum Gasteiger partial charge on any atom is -0.508 e. The number of nitrogens with two attached hydrogens (primary N) is 1. The Morgan fingerprint density at radius 3 is 2.33 bits per heavy atom. The molecular formula is C10H13NO. The van der Waals surface area contributed by atoms with Gasteiger partial charge in [-0.15, -0.1) is 0 Å². The van der Waals surface area contributed by atoms with E-state index in [1.807, 2.05) is 12.1 Å². The van der Waals surface area contributed by atoms with Crippen LogP contribution in [-0.2, 0) is 0 Å². The first-order chi connectivity index (χ1) is 5.77. The molecule has 64 valence electrons. The zero-order valence-corrected chi connectivity index (χ0v) is 6.90. The van der Waals surface area contributed by atoms with E-state index in [2.05, 4.69) is 0 Å². The van der Waals surface area contributed by atoms with Gasteiger partial charge in [0.1, 0.15) is 5.75 Å². The largest absolute Gasteiger partial charge is 0.508 e. The van der Waals surface area contributed by atoms with Gasteiger partial charge >= 0.3 is 0 Å². The van der Waals surface area contributed by atoms with Crippen LogP contribution in [-0.4, -0.2) is 5.11 Å². The van der Waals surface area contributed by atoms with Crippen LogP contribution in [0.25, 0.3) is 0 Å². The highest BCUT2D eigenvalue weighted by Crippen LogP contribution is 2.39. The number of phenolic OH excluding ortho intramolecular Hbond substituents is 1. The average Bonchev–Trinajstić information content (AvgIpc) is 2.87. The van der Waals surface area contributed by atoms with Crippen molar-refractivity contribution >= 4 is 0 Å². The van der Waals surface area contributed by atoms with E-state index in [1.165, 1.54) is 12.8 Å². The first-order valence-electron chi connectivity index (χ1n) is 4.32. The van der Waals surface area contributed by atoms with Crippen molar-refractivity contribution in [2.45, 2.75) is 18.9 Å². The molecule has 0 aromatic heterocycles. The van der Waals surface area contributed by atoms with Gasteiger partial charge in [-0.2, -0.15) is 0 Å². The van der Waals surface area contributed by atoms with Gasteiger partial charge in [-0.3, -0.25) is 0 Å². The predicted molar refractivity (Wildman–Crippen MR) is 47.8 cm³/mol. The van der Waals surface area contributed by atoms with Crippen LogP contribution in [0, 0.1) is 5.92 Å². The molecule has 2 heteroatoms. The molecule has 1 fully saturated rings. The summed E-state index contributed by atoms with van der Waals surface area (Å²) in [5.41, 5.74) is 7.10. The minimum atomic E-state index is 0.172. The molecule has 1 aromatic rings. The first kappa shape index (κ1) is 7.62. The van der Waals surface area contributed by atoms with E-state index in [9.17, 15) is 0 Å². The molecule has 1 aliphatic rings. The van der Waals surface area contributed by atoms with Crippen molar-refractivity contribution in [1.82, 2.24) is 0 Å². The molecule has 2 nitrogen and oxygen atoms in total. The van der Waals surface area contributed by atoms with E-state index < -0.39 is 0 Å². The number of benzene rings is 1. The molecule has 0 amide bonds. The Morgan fingerprint density at radius 1 is 1.25 bits per heavy atom. The van der Waals surface area contributed by atoms with Crippen LogP contribution in [0.2, 0.25) is 0 Å². The summed E-state index contributed by atoms with van der Waals surface area (Å²) in [6, 6.07) is 7.36. The second-order valence-electron chi connectivity index (χ2n) is 3.45. The predicted octanol–water partition coefficient (Wildman–Crippen LogP) is 1.80. The molecule has 2 rings (SSSR count). The zero-order valence-electron chi connectivity index (χ0n) is 6.90. The number of hydrogen-bond donors (Lipinski definition) is 2. The Labute approximate surface area is 72.0 Å². The number of phenols is 1. The lowest BCUT2D eigenvalue weighted by Crippen LogP contribution is -2.11. The third-order valence-electron chi connectivity index (χ3n) is 2.41. The molecule has 0 heterocycles. The molecule has 1 unspecified atom stereocenters. The van der Waals surface area contributed by atoms with Crippen LogP contribution >= 0.6 is 0 Å². The smallest absolute Gasteiger partial charge is 0.115 e. The zero-order chi connectivity index (χ0) is 8.55. The van der Waals surface area contributed by atoms with Gasteiger partial charge in [0.15, 0.2) is 0 Å². The van der Waals surface area contributed by atoms with Crippen LogP contribution in [0.3, 0.4) is 0 Å². The number of aromatic hydroxyl groups is 1. The first-order valence-corrected chi connectivity index (χ1v) is 4.32. The summed E-state index contributed by atoms with van der Waals surface area (Å²) >= 11 is 0. The van der Waals surface area contributed by atoms with E-state index in [0.717, 1.165) is 5.56 Å². The molecule has 0 aliphatic heterocycles. The molecule has 0 spiro atoms. The van der Waals surface area contributed by atoms with Crippen molar-refractivity contribution < 1.29 is 5.11 Å². The van der Waals surface area contributed by atoms with Gasteiger partial charge in [0, 0.05) is 6.04 Å². The van der Waals surface area contributed by atoms with Crippen LogP contribution in [0.5, 0.6) is 5.75 Å². The summed E-state index contributed by atoms with van der Waals surface area (Å²) in [5.74, 6) is 0.983. The topological polar surface area (TPSA) is 46.2 Å². The second-order valence-corrected chi connectivity index (χ2v) is 3.45. The summed E-state index contributed by atoms with van der Waals surface area (Å²) in [6.07, 6.45) is 2.50. The van der Waals surface area contributed by atoms with E-state index >= 15 is 0 Å². The van der Waals surface area contributed by atoms with Crippen molar-refractivity contribution in [3.8, 4) is 5.75 Å². The molecule has 0 saturated heterocycles. The summed E-state index contributed by atoms with van der Waals surface area (Å²) < 4.78 is 0. The van der Waals surface area contributed by atoms with Crippen molar-refractivity contribution in [3.05, 3.63) is 29.8 Å². The number of hydrogen-bond acceptors (Lipinski definition) is 2. The maximum absolute atomic E-state index is 9.05. The molecule has 1 aromatic carbocycles. The standard InChI is InChI=1S/C10H13NO/c11-10(7-1-2-7)8-3-5-9(12)6-4-8/h3-7,10,12H,1-2,11H2. The van der Waals surface area contributed by atoms with Gasteiger partial charge in [0.25, 0.3) is 0 Å². The van der Waals surface area contributed by atoms with Gasteiger partial charge in [0.2, 0.25) is 0 Å². The Bertz CT molecular complexity index is 264. The van der Waals surface area contributed by atoms with E-state index in [1.54, 1.807) is 12.1 Å². The van der Waals surface area contributed by atoms with Crippen LogP contribution in [0.15, 0.2) is 24.3 Å². The van der Waals surface area contributed by atoms with Gasteiger partial charge in [-0.1, -0.05) is 12.1 Å². The van der Waals surface area contributed by atoms with Crippen molar-refractivity contribution in [3.63, 3.8) is 0 Å². The van der Waals surface area contributed by atoms with Crippen LogP contribution in [0.1, 0.15) is 24.4 Å².